The summed E-state index contributed by atoms with van der Waals surface area (Å²) in [5.41, 5.74) is 2.17. The van der Waals surface area contributed by atoms with Crippen molar-refractivity contribution in [1.82, 2.24) is 15.0 Å². The Morgan fingerprint density at radius 3 is 2.57 bits per heavy atom. The largest absolute Gasteiger partial charge is 0.434 e. The minimum absolute atomic E-state index is 0.135. The van der Waals surface area contributed by atoms with Crippen molar-refractivity contribution in [2.75, 3.05) is 5.32 Å². The Morgan fingerprint density at radius 1 is 0.929 bits per heavy atom. The molecule has 28 heavy (non-hydrogen) atoms. The monoisotopic (exact) mass is 378 g/mol. The summed E-state index contributed by atoms with van der Waals surface area (Å²) in [6.45, 7) is -2.60. The number of halogens is 2. The number of anilines is 1. The molecule has 0 saturated heterocycles. The molecule has 140 valence electrons. The average Bonchev–Trinajstić information content (AvgIpc) is 2.73. The molecule has 0 bridgehead atoms. The molecule has 0 saturated carbocycles. The lowest BCUT2D eigenvalue weighted by atomic mass is 10.2. The second-order valence-corrected chi connectivity index (χ2v) is 5.99. The SMILES string of the molecule is FC(F)Oc1ccccc1CNc1nc(-c2cccnc2)nc2ccccc12. The zero-order valence-corrected chi connectivity index (χ0v) is 14.7. The van der Waals surface area contributed by atoms with E-state index in [1.54, 1.807) is 30.6 Å². The van der Waals surface area contributed by atoms with Gasteiger partial charge in [-0.15, -0.1) is 0 Å². The van der Waals surface area contributed by atoms with Crippen LogP contribution in [0.1, 0.15) is 5.56 Å². The molecule has 4 rings (SSSR count). The molecule has 4 aromatic rings. The fourth-order valence-corrected chi connectivity index (χ4v) is 2.88. The van der Waals surface area contributed by atoms with Crippen molar-refractivity contribution in [2.24, 2.45) is 0 Å². The highest BCUT2D eigenvalue weighted by Crippen LogP contribution is 2.26. The van der Waals surface area contributed by atoms with Gasteiger partial charge in [-0.25, -0.2) is 9.97 Å². The first-order valence-corrected chi connectivity index (χ1v) is 8.64. The number of nitrogens with one attached hydrogen (secondary N) is 1. The Morgan fingerprint density at radius 2 is 1.75 bits per heavy atom. The molecule has 0 aliphatic heterocycles. The number of aromatic nitrogens is 3. The standard InChI is InChI=1S/C21H16F2N4O/c22-21(23)28-18-10-4-1-6-14(18)13-25-20-16-8-2-3-9-17(16)26-19(27-20)15-7-5-11-24-12-15/h1-12,21H,13H2,(H,25,26,27). The molecule has 0 radical (unpaired) electrons. The van der Waals surface area contributed by atoms with Crippen molar-refractivity contribution in [3.63, 3.8) is 0 Å². The smallest absolute Gasteiger partial charge is 0.387 e. The lowest BCUT2D eigenvalue weighted by Gasteiger charge is -2.13. The molecule has 1 N–H and O–H groups in total. The van der Waals surface area contributed by atoms with Gasteiger partial charge in [0, 0.05) is 35.5 Å². The second kappa shape index (κ2) is 7.96. The van der Waals surface area contributed by atoms with Gasteiger partial charge in [-0.1, -0.05) is 30.3 Å². The van der Waals surface area contributed by atoms with Crippen molar-refractivity contribution in [2.45, 2.75) is 13.2 Å². The van der Waals surface area contributed by atoms with Gasteiger partial charge in [-0.05, 0) is 30.3 Å². The summed E-state index contributed by atoms with van der Waals surface area (Å²) < 4.78 is 29.9. The van der Waals surface area contributed by atoms with E-state index in [-0.39, 0.29) is 12.3 Å². The molecule has 0 spiro atoms. The molecule has 7 heteroatoms. The van der Waals surface area contributed by atoms with E-state index in [1.807, 2.05) is 36.4 Å². The van der Waals surface area contributed by atoms with Crippen LogP contribution in [-0.2, 0) is 6.54 Å². The van der Waals surface area contributed by atoms with Gasteiger partial charge >= 0.3 is 6.61 Å². The van der Waals surface area contributed by atoms with Crippen LogP contribution in [0.2, 0.25) is 0 Å². The molecule has 0 aliphatic rings. The van der Waals surface area contributed by atoms with Gasteiger partial charge in [0.05, 0.1) is 5.52 Å². The van der Waals surface area contributed by atoms with Crippen LogP contribution in [0, 0.1) is 0 Å². The first-order valence-electron chi connectivity index (χ1n) is 8.64. The lowest BCUT2D eigenvalue weighted by molar-refractivity contribution is -0.0504. The maximum atomic E-state index is 12.6. The zero-order valence-electron chi connectivity index (χ0n) is 14.7. The minimum Gasteiger partial charge on any atom is -0.434 e. The maximum absolute atomic E-state index is 12.6. The van der Waals surface area contributed by atoms with E-state index in [1.165, 1.54) is 6.07 Å². The number of para-hydroxylation sites is 2. The van der Waals surface area contributed by atoms with Crippen LogP contribution in [0.5, 0.6) is 5.75 Å². The van der Waals surface area contributed by atoms with Gasteiger partial charge in [-0.2, -0.15) is 8.78 Å². The number of benzene rings is 2. The molecular formula is C21H16F2N4O. The summed E-state index contributed by atoms with van der Waals surface area (Å²) in [6.07, 6.45) is 3.38. The van der Waals surface area contributed by atoms with Crippen LogP contribution in [0.4, 0.5) is 14.6 Å². The molecule has 5 nitrogen and oxygen atoms in total. The molecule has 2 aromatic heterocycles. The predicted molar refractivity (Wildman–Crippen MR) is 103 cm³/mol. The van der Waals surface area contributed by atoms with E-state index in [9.17, 15) is 8.78 Å². The minimum atomic E-state index is -2.88. The Labute approximate surface area is 160 Å². The molecule has 2 aromatic carbocycles. The van der Waals surface area contributed by atoms with Crippen molar-refractivity contribution in [3.05, 3.63) is 78.6 Å². The van der Waals surface area contributed by atoms with Crippen molar-refractivity contribution < 1.29 is 13.5 Å². The van der Waals surface area contributed by atoms with Gasteiger partial charge < -0.3 is 10.1 Å². The number of alkyl halides is 2. The number of fused-ring (bicyclic) bond motifs is 1. The van der Waals surface area contributed by atoms with E-state index in [0.29, 0.717) is 17.2 Å². The van der Waals surface area contributed by atoms with Gasteiger partial charge in [0.15, 0.2) is 5.82 Å². The van der Waals surface area contributed by atoms with Gasteiger partial charge in [-0.3, -0.25) is 4.98 Å². The normalized spacial score (nSPS) is 11.0. The maximum Gasteiger partial charge on any atom is 0.387 e. The van der Waals surface area contributed by atoms with Crippen LogP contribution in [0.3, 0.4) is 0 Å². The number of nitrogens with zero attached hydrogens (tertiary/aromatic N) is 3. The highest BCUT2D eigenvalue weighted by molar-refractivity contribution is 5.90. The van der Waals surface area contributed by atoms with Gasteiger partial charge in [0.1, 0.15) is 11.6 Å². The van der Waals surface area contributed by atoms with Crippen molar-refractivity contribution >= 4 is 16.7 Å². The number of hydrogen-bond acceptors (Lipinski definition) is 5. The summed E-state index contributed by atoms with van der Waals surface area (Å²) in [5, 5.41) is 4.07. The fraction of sp³-hybridized carbons (Fsp3) is 0.0952. The Hall–Kier alpha value is -3.61. The van der Waals surface area contributed by atoms with Crippen LogP contribution in [0.25, 0.3) is 22.3 Å². The van der Waals surface area contributed by atoms with E-state index >= 15 is 0 Å². The van der Waals surface area contributed by atoms with E-state index in [0.717, 1.165) is 16.5 Å². The van der Waals surface area contributed by atoms with Crippen LogP contribution < -0.4 is 10.1 Å². The Bertz CT molecular complexity index is 1090. The second-order valence-electron chi connectivity index (χ2n) is 5.99. The number of rotatable bonds is 6. The molecule has 0 amide bonds. The zero-order chi connectivity index (χ0) is 19.3. The van der Waals surface area contributed by atoms with Crippen molar-refractivity contribution in [1.29, 1.82) is 0 Å². The number of hydrogen-bond donors (Lipinski definition) is 1. The third-order valence-corrected chi connectivity index (χ3v) is 4.16. The lowest BCUT2D eigenvalue weighted by Crippen LogP contribution is -2.08. The first-order chi connectivity index (χ1) is 13.7. The molecule has 2 heterocycles. The van der Waals surface area contributed by atoms with E-state index in [2.05, 4.69) is 25.0 Å². The van der Waals surface area contributed by atoms with Crippen LogP contribution >= 0.6 is 0 Å². The first kappa shape index (κ1) is 17.8. The van der Waals surface area contributed by atoms with Crippen LogP contribution in [-0.4, -0.2) is 21.6 Å². The summed E-state index contributed by atoms with van der Waals surface area (Å²) in [7, 11) is 0. The highest BCUT2D eigenvalue weighted by atomic mass is 19.3. The molecule has 0 atom stereocenters. The number of pyridine rings is 1. The molecule has 0 aliphatic carbocycles. The molecule has 0 fully saturated rings. The number of ether oxygens (including phenoxy) is 1. The van der Waals surface area contributed by atoms with E-state index in [4.69, 9.17) is 0 Å². The Kier molecular flexibility index (Phi) is 5.05. The summed E-state index contributed by atoms with van der Waals surface area (Å²) in [6, 6.07) is 18.0. The topological polar surface area (TPSA) is 59.9 Å². The third kappa shape index (κ3) is 3.88. The van der Waals surface area contributed by atoms with Gasteiger partial charge in [0.25, 0.3) is 0 Å². The van der Waals surface area contributed by atoms with Gasteiger partial charge in [0.2, 0.25) is 0 Å². The quantitative estimate of drug-likeness (QED) is 0.517. The third-order valence-electron chi connectivity index (χ3n) is 4.16. The summed E-state index contributed by atoms with van der Waals surface area (Å²) in [5.74, 6) is 1.28. The predicted octanol–water partition coefficient (Wildman–Crippen LogP) is 4.91. The highest BCUT2D eigenvalue weighted by Gasteiger charge is 2.12. The van der Waals surface area contributed by atoms with Crippen molar-refractivity contribution in [3.8, 4) is 17.1 Å². The average molecular weight is 378 g/mol. The summed E-state index contributed by atoms with van der Waals surface area (Å²) in [4.78, 5) is 13.3. The van der Waals surface area contributed by atoms with Crippen LogP contribution in [0.15, 0.2) is 73.1 Å². The molecule has 0 unspecified atom stereocenters. The fourth-order valence-electron chi connectivity index (χ4n) is 2.88. The Balaban J connectivity index is 1.69. The molecular weight excluding hydrogens is 362 g/mol. The summed E-state index contributed by atoms with van der Waals surface area (Å²) >= 11 is 0. The van der Waals surface area contributed by atoms with E-state index < -0.39 is 6.61 Å².